The summed E-state index contributed by atoms with van der Waals surface area (Å²) < 4.78 is 7.60. The zero-order chi connectivity index (χ0) is 14.1. The van der Waals surface area contributed by atoms with Gasteiger partial charge in [0.15, 0.2) is 0 Å². The van der Waals surface area contributed by atoms with E-state index in [1.54, 1.807) is 0 Å². The smallest absolute Gasteiger partial charge is 0.203 e. The Morgan fingerprint density at radius 1 is 1.37 bits per heavy atom. The highest BCUT2D eigenvalue weighted by Gasteiger charge is 2.10. The molecule has 4 nitrogen and oxygen atoms in total. The number of aryl methyl sites for hydroxylation is 2. The summed E-state index contributed by atoms with van der Waals surface area (Å²) >= 11 is 0. The van der Waals surface area contributed by atoms with Crippen molar-refractivity contribution in [1.29, 1.82) is 0 Å². The van der Waals surface area contributed by atoms with Crippen LogP contribution in [0.25, 0.3) is 0 Å². The van der Waals surface area contributed by atoms with Crippen LogP contribution in [0, 0.1) is 6.92 Å². The van der Waals surface area contributed by atoms with Crippen LogP contribution >= 0.6 is 0 Å². The molecule has 1 heterocycles. The van der Waals surface area contributed by atoms with Crippen molar-refractivity contribution in [3.05, 3.63) is 11.9 Å². The number of hydrogen-bond donors (Lipinski definition) is 1. The van der Waals surface area contributed by atoms with E-state index in [-0.39, 0.29) is 0 Å². The summed E-state index contributed by atoms with van der Waals surface area (Å²) in [5.41, 5.74) is 1.07. The summed E-state index contributed by atoms with van der Waals surface area (Å²) in [5.74, 6) is 1.01. The molecule has 0 aliphatic heterocycles. The second-order valence-corrected chi connectivity index (χ2v) is 4.99. The Hall–Kier alpha value is -1.03. The first kappa shape index (κ1) is 16.0. The number of aromatic nitrogens is 2. The van der Waals surface area contributed by atoms with E-state index in [1.807, 2.05) is 13.8 Å². The molecule has 0 aliphatic carbocycles. The summed E-state index contributed by atoms with van der Waals surface area (Å²) in [6, 6.07) is 0.525. The molecule has 1 aromatic heterocycles. The lowest BCUT2D eigenvalue weighted by Crippen LogP contribution is -2.21. The Morgan fingerprint density at radius 3 is 2.79 bits per heavy atom. The largest absolute Gasteiger partial charge is 0.382 e. The van der Waals surface area contributed by atoms with Crippen LogP contribution in [0.1, 0.15) is 52.1 Å². The summed E-state index contributed by atoms with van der Waals surface area (Å²) in [5, 5.41) is 3.57. The Labute approximate surface area is 117 Å². The third-order valence-corrected chi connectivity index (χ3v) is 3.25. The van der Waals surface area contributed by atoms with Crippen LogP contribution in [-0.4, -0.2) is 28.8 Å². The SMILES string of the molecule is CCCC(CC)Nc1nc(C)cn1CCCOCC. The van der Waals surface area contributed by atoms with Gasteiger partial charge in [-0.1, -0.05) is 20.3 Å². The molecule has 0 aliphatic rings. The van der Waals surface area contributed by atoms with Gasteiger partial charge in [-0.15, -0.1) is 0 Å². The fourth-order valence-electron chi connectivity index (χ4n) is 2.22. The molecule has 0 amide bonds. The fraction of sp³-hybridized carbons (Fsp3) is 0.800. The van der Waals surface area contributed by atoms with Crippen LogP contribution in [0.4, 0.5) is 5.95 Å². The van der Waals surface area contributed by atoms with E-state index in [0.717, 1.165) is 44.2 Å². The van der Waals surface area contributed by atoms with E-state index >= 15 is 0 Å². The molecular formula is C15H29N3O. The van der Waals surface area contributed by atoms with Crippen LogP contribution in [0.2, 0.25) is 0 Å². The molecule has 1 N–H and O–H groups in total. The normalized spacial score (nSPS) is 12.6. The van der Waals surface area contributed by atoms with Gasteiger partial charge in [-0.2, -0.15) is 0 Å². The second kappa shape index (κ2) is 8.97. The summed E-state index contributed by atoms with van der Waals surface area (Å²) in [4.78, 5) is 4.59. The molecule has 1 atom stereocenters. The minimum Gasteiger partial charge on any atom is -0.382 e. The monoisotopic (exact) mass is 267 g/mol. The van der Waals surface area contributed by atoms with Crippen molar-refractivity contribution >= 4 is 5.95 Å². The highest BCUT2D eigenvalue weighted by atomic mass is 16.5. The molecule has 1 rings (SSSR count). The van der Waals surface area contributed by atoms with E-state index in [4.69, 9.17) is 4.74 Å². The number of ether oxygens (including phenoxy) is 1. The molecule has 0 saturated heterocycles. The molecule has 1 unspecified atom stereocenters. The van der Waals surface area contributed by atoms with Crippen molar-refractivity contribution in [2.45, 2.75) is 66.0 Å². The van der Waals surface area contributed by atoms with Crippen molar-refractivity contribution < 1.29 is 4.74 Å². The number of anilines is 1. The molecule has 4 heteroatoms. The number of imidazole rings is 1. The van der Waals surface area contributed by atoms with Crippen molar-refractivity contribution in [2.24, 2.45) is 0 Å². The van der Waals surface area contributed by atoms with Crippen molar-refractivity contribution in [3.8, 4) is 0 Å². The third kappa shape index (κ3) is 5.64. The first-order valence-electron chi connectivity index (χ1n) is 7.59. The van der Waals surface area contributed by atoms with E-state index < -0.39 is 0 Å². The highest BCUT2D eigenvalue weighted by molar-refractivity contribution is 5.30. The maximum Gasteiger partial charge on any atom is 0.203 e. The molecule has 0 saturated carbocycles. The number of nitrogens with zero attached hydrogens (tertiary/aromatic N) is 2. The van der Waals surface area contributed by atoms with E-state index in [9.17, 15) is 0 Å². The second-order valence-electron chi connectivity index (χ2n) is 4.99. The zero-order valence-corrected chi connectivity index (χ0v) is 12.9. The lowest BCUT2D eigenvalue weighted by atomic mass is 10.1. The Balaban J connectivity index is 2.56. The van der Waals surface area contributed by atoms with Gasteiger partial charge in [-0.05, 0) is 33.1 Å². The van der Waals surface area contributed by atoms with Gasteiger partial charge in [0.2, 0.25) is 5.95 Å². The number of hydrogen-bond acceptors (Lipinski definition) is 3. The van der Waals surface area contributed by atoms with Gasteiger partial charge in [-0.25, -0.2) is 4.98 Å². The van der Waals surface area contributed by atoms with Crippen LogP contribution in [0.15, 0.2) is 6.20 Å². The van der Waals surface area contributed by atoms with E-state index in [1.165, 1.54) is 12.8 Å². The number of nitrogens with one attached hydrogen (secondary N) is 1. The lowest BCUT2D eigenvalue weighted by molar-refractivity contribution is 0.142. The predicted octanol–water partition coefficient (Wildman–Crippen LogP) is 3.61. The Bertz CT molecular complexity index is 349. The minimum absolute atomic E-state index is 0.525. The third-order valence-electron chi connectivity index (χ3n) is 3.25. The van der Waals surface area contributed by atoms with Gasteiger partial charge in [0.05, 0.1) is 5.69 Å². The van der Waals surface area contributed by atoms with Gasteiger partial charge >= 0.3 is 0 Å². The summed E-state index contributed by atoms with van der Waals surface area (Å²) in [7, 11) is 0. The van der Waals surface area contributed by atoms with Crippen molar-refractivity contribution in [1.82, 2.24) is 9.55 Å². The fourth-order valence-corrected chi connectivity index (χ4v) is 2.22. The van der Waals surface area contributed by atoms with Crippen molar-refractivity contribution in [2.75, 3.05) is 18.5 Å². The van der Waals surface area contributed by atoms with E-state index in [0.29, 0.717) is 6.04 Å². The Kier molecular flexibility index (Phi) is 7.56. The molecule has 0 aromatic carbocycles. The molecule has 0 radical (unpaired) electrons. The summed E-state index contributed by atoms with van der Waals surface area (Å²) in [6.45, 7) is 11.1. The molecule has 1 aromatic rings. The molecule has 0 bridgehead atoms. The topological polar surface area (TPSA) is 39.1 Å². The first-order chi connectivity index (χ1) is 9.21. The molecule has 19 heavy (non-hydrogen) atoms. The van der Waals surface area contributed by atoms with Crippen LogP contribution in [-0.2, 0) is 11.3 Å². The van der Waals surface area contributed by atoms with Gasteiger partial charge in [0.1, 0.15) is 0 Å². The quantitative estimate of drug-likeness (QED) is 0.658. The van der Waals surface area contributed by atoms with Gasteiger partial charge in [0, 0.05) is 32.0 Å². The van der Waals surface area contributed by atoms with Gasteiger partial charge in [-0.3, -0.25) is 0 Å². The molecule has 110 valence electrons. The van der Waals surface area contributed by atoms with Gasteiger partial charge < -0.3 is 14.6 Å². The summed E-state index contributed by atoms with van der Waals surface area (Å²) in [6.07, 6.45) is 6.69. The minimum atomic E-state index is 0.525. The Morgan fingerprint density at radius 2 is 2.16 bits per heavy atom. The zero-order valence-electron chi connectivity index (χ0n) is 12.9. The number of rotatable bonds is 10. The van der Waals surface area contributed by atoms with Crippen LogP contribution < -0.4 is 5.32 Å². The average Bonchev–Trinajstić information content (AvgIpc) is 2.74. The lowest BCUT2D eigenvalue weighted by Gasteiger charge is -2.17. The maximum absolute atomic E-state index is 5.39. The van der Waals surface area contributed by atoms with Gasteiger partial charge in [0.25, 0.3) is 0 Å². The van der Waals surface area contributed by atoms with Crippen molar-refractivity contribution in [3.63, 3.8) is 0 Å². The first-order valence-corrected chi connectivity index (χ1v) is 7.59. The molecule has 0 fully saturated rings. The predicted molar refractivity (Wildman–Crippen MR) is 80.7 cm³/mol. The standard InChI is InChI=1S/C15H29N3O/c1-5-9-14(6-2)17-15-16-13(4)12-18(15)10-8-11-19-7-3/h12,14H,5-11H2,1-4H3,(H,16,17). The highest BCUT2D eigenvalue weighted by Crippen LogP contribution is 2.14. The van der Waals surface area contributed by atoms with Crippen LogP contribution in [0.3, 0.4) is 0 Å². The molecule has 0 spiro atoms. The average molecular weight is 267 g/mol. The molecular weight excluding hydrogens is 238 g/mol. The van der Waals surface area contributed by atoms with Crippen LogP contribution in [0.5, 0.6) is 0 Å². The maximum atomic E-state index is 5.39. The van der Waals surface area contributed by atoms with E-state index in [2.05, 4.69) is 34.9 Å².